The smallest absolute Gasteiger partial charge is 0.409 e. The molecule has 0 radical (unpaired) electrons. The molecule has 1 aromatic rings. The average Bonchev–Trinajstić information content (AvgIpc) is 2.86. The van der Waals surface area contributed by atoms with Crippen LogP contribution in [0.2, 0.25) is 0 Å². The first-order valence-corrected chi connectivity index (χ1v) is 7.66. The van der Waals surface area contributed by atoms with Crippen LogP contribution in [-0.2, 0) is 19.0 Å². The summed E-state index contributed by atoms with van der Waals surface area (Å²) in [5, 5.41) is 0. The number of carbonyl (C=O) groups is 1. The molecule has 6 nitrogen and oxygen atoms in total. The molecular formula is C13H17NO5S. The maximum absolute atomic E-state index is 12.1. The number of nitrogens with zero attached hydrogens (tertiary/aromatic N) is 1. The number of methoxy groups -OCH3 is 1. The van der Waals surface area contributed by atoms with Crippen molar-refractivity contribution in [2.75, 3.05) is 20.2 Å². The van der Waals surface area contributed by atoms with Crippen LogP contribution in [0.5, 0.6) is 0 Å². The predicted octanol–water partition coefficient (Wildman–Crippen LogP) is 1.54. The van der Waals surface area contributed by atoms with Crippen molar-refractivity contribution < 1.29 is 22.1 Å². The van der Waals surface area contributed by atoms with Gasteiger partial charge in [0, 0.05) is 6.54 Å². The van der Waals surface area contributed by atoms with Crippen LogP contribution in [-0.4, -0.2) is 45.7 Å². The molecule has 1 aliphatic rings. The van der Waals surface area contributed by atoms with Crippen molar-refractivity contribution in [3.63, 3.8) is 0 Å². The molecule has 1 aromatic carbocycles. The average molecular weight is 299 g/mol. The number of carbonyl (C=O) groups excluding carboxylic acids is 1. The standard InChI is InChI=1S/C13H17NO5S/c1-10-3-5-12(6-4-10)20(16,17)19-11-7-8-14(9-11)13(15)18-2/h3-6,11H,7-9H2,1-2H3. The van der Waals surface area contributed by atoms with Gasteiger partial charge in [-0.1, -0.05) is 17.7 Å². The monoisotopic (exact) mass is 299 g/mol. The Bertz CT molecular complexity index is 581. The van der Waals surface area contributed by atoms with E-state index >= 15 is 0 Å². The summed E-state index contributed by atoms with van der Waals surface area (Å²) in [6.45, 7) is 2.53. The molecular weight excluding hydrogens is 282 g/mol. The second-order valence-corrected chi connectivity index (χ2v) is 6.26. The summed E-state index contributed by atoms with van der Waals surface area (Å²) in [4.78, 5) is 12.9. The third-order valence-corrected chi connectivity index (χ3v) is 4.53. The third kappa shape index (κ3) is 3.29. The molecule has 1 fully saturated rings. The van der Waals surface area contributed by atoms with Crippen LogP contribution in [0, 0.1) is 6.92 Å². The molecule has 0 saturated carbocycles. The van der Waals surface area contributed by atoms with Crippen molar-refractivity contribution in [3.05, 3.63) is 29.8 Å². The van der Waals surface area contributed by atoms with E-state index in [0.717, 1.165) is 5.56 Å². The molecule has 1 unspecified atom stereocenters. The predicted molar refractivity (Wildman–Crippen MR) is 71.8 cm³/mol. The summed E-state index contributed by atoms with van der Waals surface area (Å²) in [6, 6.07) is 6.45. The lowest BCUT2D eigenvalue weighted by atomic mass is 10.2. The topological polar surface area (TPSA) is 72.9 Å². The van der Waals surface area contributed by atoms with Gasteiger partial charge in [-0.25, -0.2) is 4.79 Å². The Hall–Kier alpha value is -1.60. The molecule has 2 rings (SSSR count). The highest BCUT2D eigenvalue weighted by atomic mass is 32.2. The van der Waals surface area contributed by atoms with E-state index in [-0.39, 0.29) is 11.4 Å². The molecule has 0 aromatic heterocycles. The summed E-state index contributed by atoms with van der Waals surface area (Å²) < 4.78 is 33.9. The van der Waals surface area contributed by atoms with Gasteiger partial charge in [0.25, 0.3) is 10.1 Å². The molecule has 7 heteroatoms. The highest BCUT2D eigenvalue weighted by Crippen LogP contribution is 2.20. The molecule has 1 aliphatic heterocycles. The normalized spacial score (nSPS) is 19.1. The number of likely N-dealkylation sites (tertiary alicyclic amines) is 1. The van der Waals surface area contributed by atoms with Crippen molar-refractivity contribution in [1.29, 1.82) is 0 Å². The van der Waals surface area contributed by atoms with Crippen LogP contribution in [0.1, 0.15) is 12.0 Å². The summed E-state index contributed by atoms with van der Waals surface area (Å²) in [6.07, 6.45) is -0.524. The van der Waals surface area contributed by atoms with Crippen molar-refractivity contribution in [2.45, 2.75) is 24.3 Å². The van der Waals surface area contributed by atoms with Crippen LogP contribution >= 0.6 is 0 Å². The molecule has 20 heavy (non-hydrogen) atoms. The summed E-state index contributed by atoms with van der Waals surface area (Å²) in [7, 11) is -2.50. The molecule has 0 spiro atoms. The number of hydrogen-bond donors (Lipinski definition) is 0. The molecule has 1 atom stereocenters. The maximum Gasteiger partial charge on any atom is 0.409 e. The van der Waals surface area contributed by atoms with E-state index in [4.69, 9.17) is 4.18 Å². The Morgan fingerprint density at radius 1 is 1.30 bits per heavy atom. The van der Waals surface area contributed by atoms with Crippen LogP contribution in [0.4, 0.5) is 4.79 Å². The fraction of sp³-hybridized carbons (Fsp3) is 0.462. The highest BCUT2D eigenvalue weighted by Gasteiger charge is 2.31. The Morgan fingerprint density at radius 2 is 1.95 bits per heavy atom. The Balaban J connectivity index is 2.03. The first kappa shape index (κ1) is 14.8. The van der Waals surface area contributed by atoms with Crippen LogP contribution < -0.4 is 0 Å². The second kappa shape index (κ2) is 5.80. The van der Waals surface area contributed by atoms with Gasteiger partial charge in [0.15, 0.2) is 0 Å². The van der Waals surface area contributed by atoms with Crippen molar-refractivity contribution >= 4 is 16.2 Å². The molecule has 0 aliphatic carbocycles. The lowest BCUT2D eigenvalue weighted by Gasteiger charge is -2.15. The van der Waals surface area contributed by atoms with Gasteiger partial charge in [0.2, 0.25) is 0 Å². The fourth-order valence-corrected chi connectivity index (χ4v) is 3.14. The van der Waals surface area contributed by atoms with E-state index < -0.39 is 22.3 Å². The van der Waals surface area contributed by atoms with E-state index in [1.807, 2.05) is 6.92 Å². The van der Waals surface area contributed by atoms with E-state index in [1.165, 1.54) is 24.1 Å². The highest BCUT2D eigenvalue weighted by molar-refractivity contribution is 7.86. The van der Waals surface area contributed by atoms with Crippen molar-refractivity contribution in [2.24, 2.45) is 0 Å². The first-order chi connectivity index (χ1) is 9.42. The molecule has 1 saturated heterocycles. The number of rotatable bonds is 3. The zero-order chi connectivity index (χ0) is 14.8. The maximum atomic E-state index is 12.1. The number of ether oxygens (including phenoxy) is 1. The number of aryl methyl sites for hydroxylation is 1. The number of amides is 1. The molecule has 110 valence electrons. The first-order valence-electron chi connectivity index (χ1n) is 6.25. The second-order valence-electron chi connectivity index (χ2n) is 4.69. The van der Waals surface area contributed by atoms with Gasteiger partial charge in [0.1, 0.15) is 0 Å². The summed E-state index contributed by atoms with van der Waals surface area (Å²) in [5.41, 5.74) is 0.974. The summed E-state index contributed by atoms with van der Waals surface area (Å²) in [5.74, 6) is 0. The Morgan fingerprint density at radius 3 is 2.55 bits per heavy atom. The number of hydrogen-bond acceptors (Lipinski definition) is 5. The van der Waals surface area contributed by atoms with Gasteiger partial charge in [-0.05, 0) is 25.5 Å². The Kier molecular flexibility index (Phi) is 4.29. The molecule has 1 heterocycles. The van der Waals surface area contributed by atoms with E-state index in [0.29, 0.717) is 13.0 Å². The van der Waals surface area contributed by atoms with Gasteiger partial charge in [0.05, 0.1) is 24.7 Å². The minimum atomic E-state index is -3.80. The van der Waals surface area contributed by atoms with Crippen LogP contribution in [0.3, 0.4) is 0 Å². The van der Waals surface area contributed by atoms with Gasteiger partial charge in [-0.2, -0.15) is 8.42 Å². The minimum absolute atomic E-state index is 0.125. The minimum Gasteiger partial charge on any atom is -0.453 e. The van der Waals surface area contributed by atoms with Crippen molar-refractivity contribution in [1.82, 2.24) is 4.90 Å². The van der Waals surface area contributed by atoms with E-state index in [1.54, 1.807) is 12.1 Å². The molecule has 0 N–H and O–H groups in total. The fourth-order valence-electron chi connectivity index (χ4n) is 2.04. The largest absolute Gasteiger partial charge is 0.453 e. The summed E-state index contributed by atoms with van der Waals surface area (Å²) >= 11 is 0. The molecule has 1 amide bonds. The van der Waals surface area contributed by atoms with Crippen molar-refractivity contribution in [3.8, 4) is 0 Å². The van der Waals surface area contributed by atoms with Crippen LogP contribution in [0.15, 0.2) is 29.2 Å². The van der Waals surface area contributed by atoms with E-state index in [2.05, 4.69) is 4.74 Å². The van der Waals surface area contributed by atoms with Crippen LogP contribution in [0.25, 0.3) is 0 Å². The molecule has 0 bridgehead atoms. The Labute approximate surface area is 118 Å². The third-order valence-electron chi connectivity index (χ3n) is 3.15. The van der Waals surface area contributed by atoms with Gasteiger partial charge < -0.3 is 9.64 Å². The van der Waals surface area contributed by atoms with Gasteiger partial charge >= 0.3 is 6.09 Å². The zero-order valence-electron chi connectivity index (χ0n) is 11.4. The number of benzene rings is 1. The lowest BCUT2D eigenvalue weighted by molar-refractivity contribution is 0.126. The van der Waals surface area contributed by atoms with Gasteiger partial charge in [-0.15, -0.1) is 0 Å². The zero-order valence-corrected chi connectivity index (χ0v) is 12.2. The SMILES string of the molecule is COC(=O)N1CCC(OS(=O)(=O)c2ccc(C)cc2)C1. The lowest BCUT2D eigenvalue weighted by Crippen LogP contribution is -2.30. The van der Waals surface area contributed by atoms with E-state index in [9.17, 15) is 13.2 Å². The quantitative estimate of drug-likeness (QED) is 0.792. The van der Waals surface area contributed by atoms with Gasteiger partial charge in [-0.3, -0.25) is 4.18 Å².